The van der Waals surface area contributed by atoms with Crippen LogP contribution >= 0.6 is 15.9 Å². The molecule has 6 heteroatoms. The summed E-state index contributed by atoms with van der Waals surface area (Å²) < 4.78 is 19.9. The first-order valence-corrected chi connectivity index (χ1v) is 7.35. The number of pyridine rings is 1. The lowest BCUT2D eigenvalue weighted by molar-refractivity contribution is 0.442. The monoisotopic (exact) mass is 339 g/mol. The van der Waals surface area contributed by atoms with Crippen molar-refractivity contribution in [1.29, 1.82) is 0 Å². The van der Waals surface area contributed by atoms with E-state index in [1.54, 1.807) is 12.3 Å². The van der Waals surface area contributed by atoms with Gasteiger partial charge in [0.1, 0.15) is 5.76 Å². The van der Waals surface area contributed by atoms with Crippen LogP contribution in [0.15, 0.2) is 39.5 Å². The summed E-state index contributed by atoms with van der Waals surface area (Å²) in [6, 6.07) is 7.19. The summed E-state index contributed by atoms with van der Waals surface area (Å²) in [7, 11) is 0. The zero-order chi connectivity index (χ0) is 13.9. The molecule has 4 nitrogen and oxygen atoms in total. The van der Waals surface area contributed by atoms with Gasteiger partial charge in [-0.25, -0.2) is 9.37 Å². The van der Waals surface area contributed by atoms with E-state index in [9.17, 15) is 4.39 Å². The summed E-state index contributed by atoms with van der Waals surface area (Å²) in [4.78, 5) is 6.09. The van der Waals surface area contributed by atoms with Crippen LogP contribution < -0.4 is 10.2 Å². The number of hydrogen-bond donors (Lipinski definition) is 1. The standard InChI is InChI=1S/C14H15BrFN3O/c15-13-4-3-11(20-13)8-18-10-5-7-19(9-10)14-12(16)2-1-6-17-14/h1-4,6,10,18H,5,7-9H2. The Labute approximate surface area is 125 Å². The van der Waals surface area contributed by atoms with Crippen LogP contribution in [-0.4, -0.2) is 24.1 Å². The van der Waals surface area contributed by atoms with Gasteiger partial charge in [0.25, 0.3) is 0 Å². The number of hydrogen-bond acceptors (Lipinski definition) is 4. The first-order valence-electron chi connectivity index (χ1n) is 6.55. The van der Waals surface area contributed by atoms with Crippen LogP contribution in [0.1, 0.15) is 12.2 Å². The highest BCUT2D eigenvalue weighted by Crippen LogP contribution is 2.21. The van der Waals surface area contributed by atoms with Crippen LogP contribution in [0.4, 0.5) is 10.2 Å². The quantitative estimate of drug-likeness (QED) is 0.929. The van der Waals surface area contributed by atoms with Gasteiger partial charge in [0, 0.05) is 25.3 Å². The van der Waals surface area contributed by atoms with E-state index < -0.39 is 0 Å². The number of furan rings is 1. The maximum Gasteiger partial charge on any atom is 0.169 e. The molecular weight excluding hydrogens is 325 g/mol. The minimum Gasteiger partial charge on any atom is -0.453 e. The zero-order valence-electron chi connectivity index (χ0n) is 10.9. The van der Waals surface area contributed by atoms with E-state index in [0.29, 0.717) is 18.4 Å². The van der Waals surface area contributed by atoms with Crippen molar-refractivity contribution in [1.82, 2.24) is 10.3 Å². The maximum absolute atomic E-state index is 13.7. The zero-order valence-corrected chi connectivity index (χ0v) is 12.4. The van der Waals surface area contributed by atoms with E-state index in [0.717, 1.165) is 29.9 Å². The van der Waals surface area contributed by atoms with E-state index in [-0.39, 0.29) is 5.82 Å². The minimum atomic E-state index is -0.261. The molecule has 20 heavy (non-hydrogen) atoms. The van der Waals surface area contributed by atoms with E-state index in [1.807, 2.05) is 17.0 Å². The maximum atomic E-state index is 13.7. The highest BCUT2D eigenvalue weighted by atomic mass is 79.9. The van der Waals surface area contributed by atoms with Crippen LogP contribution in [0.2, 0.25) is 0 Å². The number of nitrogens with zero attached hydrogens (tertiary/aromatic N) is 2. The van der Waals surface area contributed by atoms with Crippen LogP contribution in [-0.2, 0) is 6.54 Å². The Bertz CT molecular complexity index is 589. The molecule has 2 aromatic rings. The number of aromatic nitrogens is 1. The third-order valence-electron chi connectivity index (χ3n) is 3.42. The molecule has 1 unspecified atom stereocenters. The lowest BCUT2D eigenvalue weighted by Gasteiger charge is -2.18. The van der Waals surface area contributed by atoms with Gasteiger partial charge in [-0.2, -0.15) is 0 Å². The van der Waals surface area contributed by atoms with Gasteiger partial charge in [0.05, 0.1) is 6.54 Å². The fourth-order valence-corrected chi connectivity index (χ4v) is 2.76. The highest BCUT2D eigenvalue weighted by Gasteiger charge is 2.25. The Morgan fingerprint density at radius 1 is 1.45 bits per heavy atom. The lowest BCUT2D eigenvalue weighted by atomic mass is 10.2. The molecule has 0 bridgehead atoms. The first kappa shape index (κ1) is 13.6. The van der Waals surface area contributed by atoms with Crippen LogP contribution in [0.3, 0.4) is 0 Å². The molecule has 2 aromatic heterocycles. The number of nitrogens with one attached hydrogen (secondary N) is 1. The number of rotatable bonds is 4. The van der Waals surface area contributed by atoms with Crippen molar-refractivity contribution in [2.75, 3.05) is 18.0 Å². The number of halogens is 2. The van der Waals surface area contributed by atoms with Crippen LogP contribution in [0.25, 0.3) is 0 Å². The fraction of sp³-hybridized carbons (Fsp3) is 0.357. The second-order valence-corrected chi connectivity index (χ2v) is 5.61. The Kier molecular flexibility index (Phi) is 4.03. The summed E-state index contributed by atoms with van der Waals surface area (Å²) in [5.74, 6) is 1.07. The molecule has 1 N–H and O–H groups in total. The van der Waals surface area contributed by atoms with Gasteiger partial charge >= 0.3 is 0 Å². The summed E-state index contributed by atoms with van der Waals surface area (Å²) in [5, 5.41) is 3.42. The van der Waals surface area contributed by atoms with E-state index in [1.165, 1.54) is 6.07 Å². The van der Waals surface area contributed by atoms with Gasteiger partial charge in [0.15, 0.2) is 16.3 Å². The Hall–Kier alpha value is -1.40. The molecule has 0 saturated carbocycles. The third-order valence-corrected chi connectivity index (χ3v) is 3.85. The predicted molar refractivity (Wildman–Crippen MR) is 78.1 cm³/mol. The molecule has 0 aromatic carbocycles. The van der Waals surface area contributed by atoms with Gasteiger partial charge in [0.2, 0.25) is 0 Å². The SMILES string of the molecule is Fc1cccnc1N1CCC(NCc2ccc(Br)o2)C1. The van der Waals surface area contributed by atoms with Crippen LogP contribution in [0.5, 0.6) is 0 Å². The van der Waals surface area contributed by atoms with Crippen molar-refractivity contribution in [2.45, 2.75) is 19.0 Å². The topological polar surface area (TPSA) is 41.3 Å². The second-order valence-electron chi connectivity index (χ2n) is 4.83. The molecular formula is C14H15BrFN3O. The smallest absolute Gasteiger partial charge is 0.169 e. The fourth-order valence-electron chi connectivity index (χ4n) is 2.42. The van der Waals surface area contributed by atoms with Crippen molar-refractivity contribution in [3.8, 4) is 0 Å². The van der Waals surface area contributed by atoms with E-state index >= 15 is 0 Å². The minimum absolute atomic E-state index is 0.261. The van der Waals surface area contributed by atoms with Crippen LogP contribution in [0, 0.1) is 5.82 Å². The van der Waals surface area contributed by atoms with Gasteiger partial charge in [-0.15, -0.1) is 0 Å². The molecule has 106 valence electrons. The third kappa shape index (κ3) is 3.02. The molecule has 0 aliphatic carbocycles. The molecule has 3 heterocycles. The molecule has 3 rings (SSSR count). The number of anilines is 1. The van der Waals surface area contributed by atoms with Crippen molar-refractivity contribution in [3.63, 3.8) is 0 Å². The summed E-state index contributed by atoms with van der Waals surface area (Å²) in [6.07, 6.45) is 2.59. The van der Waals surface area contributed by atoms with Gasteiger partial charge in [-0.05, 0) is 46.6 Å². The highest BCUT2D eigenvalue weighted by molar-refractivity contribution is 9.10. The summed E-state index contributed by atoms with van der Waals surface area (Å²) in [6.45, 7) is 2.25. The molecule has 1 atom stereocenters. The van der Waals surface area contributed by atoms with Crippen molar-refractivity contribution >= 4 is 21.7 Å². The molecule has 1 aliphatic heterocycles. The average Bonchev–Trinajstić information content (AvgIpc) is 3.06. The van der Waals surface area contributed by atoms with Gasteiger partial charge < -0.3 is 14.6 Å². The Morgan fingerprint density at radius 3 is 3.10 bits per heavy atom. The summed E-state index contributed by atoms with van der Waals surface area (Å²) in [5.41, 5.74) is 0. The lowest BCUT2D eigenvalue weighted by Crippen LogP contribution is -2.32. The molecule has 0 radical (unpaired) electrons. The van der Waals surface area contributed by atoms with E-state index in [4.69, 9.17) is 4.42 Å². The predicted octanol–water partition coefficient (Wildman–Crippen LogP) is 2.94. The van der Waals surface area contributed by atoms with Gasteiger partial charge in [-0.3, -0.25) is 0 Å². The average molecular weight is 340 g/mol. The van der Waals surface area contributed by atoms with Crippen molar-refractivity contribution in [2.24, 2.45) is 0 Å². The molecule has 0 amide bonds. The van der Waals surface area contributed by atoms with Crippen molar-refractivity contribution < 1.29 is 8.81 Å². The summed E-state index contributed by atoms with van der Waals surface area (Å²) >= 11 is 3.28. The second kappa shape index (κ2) is 5.93. The molecule has 0 spiro atoms. The molecule has 1 saturated heterocycles. The molecule has 1 aliphatic rings. The first-order chi connectivity index (χ1) is 9.72. The Balaban J connectivity index is 1.56. The normalized spacial score (nSPS) is 18.7. The Morgan fingerprint density at radius 2 is 2.35 bits per heavy atom. The largest absolute Gasteiger partial charge is 0.453 e. The van der Waals surface area contributed by atoms with Crippen molar-refractivity contribution in [3.05, 3.63) is 46.7 Å². The van der Waals surface area contributed by atoms with E-state index in [2.05, 4.69) is 26.2 Å². The molecule has 1 fully saturated rings. The van der Waals surface area contributed by atoms with Gasteiger partial charge in [-0.1, -0.05) is 0 Å².